The summed E-state index contributed by atoms with van der Waals surface area (Å²) in [6, 6.07) is 7.74. The average Bonchev–Trinajstić information content (AvgIpc) is 2.34. The van der Waals surface area contributed by atoms with Gasteiger partial charge in [0.05, 0.1) is 5.69 Å². The van der Waals surface area contributed by atoms with E-state index < -0.39 is 0 Å². The van der Waals surface area contributed by atoms with Gasteiger partial charge in [-0.05, 0) is 24.8 Å². The summed E-state index contributed by atoms with van der Waals surface area (Å²) in [6.45, 7) is 4.48. The van der Waals surface area contributed by atoms with Crippen LogP contribution >= 0.6 is 0 Å². The number of nitrogens with zero attached hydrogens (tertiary/aromatic N) is 1. The molecule has 0 fully saturated rings. The van der Waals surface area contributed by atoms with E-state index in [2.05, 4.69) is 18.8 Å². The van der Waals surface area contributed by atoms with Crippen molar-refractivity contribution in [3.63, 3.8) is 0 Å². The number of hydrogen-bond acceptors (Lipinski definition) is 2. The van der Waals surface area contributed by atoms with Gasteiger partial charge in [-0.2, -0.15) is 0 Å². The fourth-order valence-corrected chi connectivity index (χ4v) is 1.45. The van der Waals surface area contributed by atoms with E-state index in [0.717, 1.165) is 23.6 Å². The molecule has 86 valence electrons. The molecule has 0 aliphatic carbocycles. The molecule has 0 aromatic heterocycles. The Balaban J connectivity index is 2.52. The Bertz CT molecular complexity index is 356. The van der Waals surface area contributed by atoms with E-state index >= 15 is 0 Å². The lowest BCUT2D eigenvalue weighted by molar-refractivity contribution is 0.530. The maximum atomic E-state index is 7.26. The van der Waals surface area contributed by atoms with Crippen molar-refractivity contribution in [1.82, 2.24) is 0 Å². The van der Waals surface area contributed by atoms with Gasteiger partial charge in [0.15, 0.2) is 0 Å². The molecule has 2 nitrogen and oxygen atoms in total. The van der Waals surface area contributed by atoms with E-state index in [1.165, 1.54) is 19.1 Å². The number of benzene rings is 1. The average molecular weight is 216 g/mol. The van der Waals surface area contributed by atoms with Crippen LogP contribution in [0.1, 0.15) is 38.7 Å². The van der Waals surface area contributed by atoms with Crippen molar-refractivity contribution in [2.24, 2.45) is 10.9 Å². The maximum absolute atomic E-state index is 7.26. The highest BCUT2D eigenvalue weighted by Gasteiger charge is 1.97. The van der Waals surface area contributed by atoms with Gasteiger partial charge in [0.1, 0.15) is 0 Å². The van der Waals surface area contributed by atoms with Gasteiger partial charge in [0.25, 0.3) is 0 Å². The van der Waals surface area contributed by atoms with Gasteiger partial charge in [0.2, 0.25) is 0 Å². The zero-order chi connectivity index (χ0) is 11.8. The Morgan fingerprint density at radius 3 is 2.81 bits per heavy atom. The third kappa shape index (κ3) is 3.97. The monoisotopic (exact) mass is 216 g/mol. The SMILES string of the molecule is CCC(C)CCC=Nc1ccccc1C=N. The van der Waals surface area contributed by atoms with Crippen LogP contribution in [-0.2, 0) is 0 Å². The van der Waals surface area contributed by atoms with Gasteiger partial charge in [0, 0.05) is 18.0 Å². The zero-order valence-electron chi connectivity index (χ0n) is 10.1. The molecule has 16 heavy (non-hydrogen) atoms. The van der Waals surface area contributed by atoms with Crippen LogP contribution in [0.4, 0.5) is 5.69 Å². The van der Waals surface area contributed by atoms with Crippen molar-refractivity contribution in [1.29, 1.82) is 5.41 Å². The molecule has 0 saturated heterocycles. The summed E-state index contributed by atoms with van der Waals surface area (Å²) in [5, 5.41) is 7.26. The molecule has 1 N–H and O–H groups in total. The minimum absolute atomic E-state index is 0.768. The summed E-state index contributed by atoms with van der Waals surface area (Å²) in [5.41, 5.74) is 1.77. The molecule has 0 radical (unpaired) electrons. The van der Waals surface area contributed by atoms with E-state index in [4.69, 9.17) is 5.41 Å². The lowest BCUT2D eigenvalue weighted by atomic mass is 10.0. The molecule has 0 heterocycles. The fourth-order valence-electron chi connectivity index (χ4n) is 1.45. The van der Waals surface area contributed by atoms with Crippen LogP contribution in [-0.4, -0.2) is 12.4 Å². The van der Waals surface area contributed by atoms with Crippen molar-refractivity contribution < 1.29 is 0 Å². The number of nitrogens with one attached hydrogen (secondary N) is 1. The van der Waals surface area contributed by atoms with Gasteiger partial charge in [-0.25, -0.2) is 0 Å². The molecule has 1 atom stereocenters. The third-order valence-electron chi connectivity index (χ3n) is 2.81. The van der Waals surface area contributed by atoms with Crippen LogP contribution in [0.2, 0.25) is 0 Å². The molecule has 1 aromatic carbocycles. The van der Waals surface area contributed by atoms with E-state index in [9.17, 15) is 0 Å². The number of aliphatic imine (C=N–C) groups is 1. The van der Waals surface area contributed by atoms with Gasteiger partial charge < -0.3 is 5.41 Å². The summed E-state index contributed by atoms with van der Waals surface area (Å²) in [6.07, 6.45) is 6.74. The van der Waals surface area contributed by atoms with Gasteiger partial charge in [-0.15, -0.1) is 0 Å². The summed E-state index contributed by atoms with van der Waals surface area (Å²) in [4.78, 5) is 4.41. The minimum Gasteiger partial charge on any atom is -0.308 e. The van der Waals surface area contributed by atoms with E-state index in [1.54, 1.807) is 0 Å². The second-order valence-corrected chi connectivity index (χ2v) is 4.11. The maximum Gasteiger partial charge on any atom is 0.0713 e. The molecule has 0 bridgehead atoms. The second-order valence-electron chi connectivity index (χ2n) is 4.11. The highest BCUT2D eigenvalue weighted by molar-refractivity contribution is 5.85. The van der Waals surface area contributed by atoms with Crippen molar-refractivity contribution >= 4 is 18.1 Å². The smallest absolute Gasteiger partial charge is 0.0713 e. The molecule has 0 aliphatic rings. The highest BCUT2D eigenvalue weighted by Crippen LogP contribution is 2.16. The first-order valence-corrected chi connectivity index (χ1v) is 5.90. The predicted octanol–water partition coefficient (Wildman–Crippen LogP) is 4.21. The lowest BCUT2D eigenvalue weighted by Gasteiger charge is -2.04. The Labute approximate surface area is 97.9 Å². The number of hydrogen-bond donors (Lipinski definition) is 1. The summed E-state index contributed by atoms with van der Waals surface area (Å²) < 4.78 is 0. The first-order chi connectivity index (χ1) is 7.77. The molecule has 1 aromatic rings. The predicted molar refractivity (Wildman–Crippen MR) is 71.2 cm³/mol. The van der Waals surface area contributed by atoms with E-state index in [-0.39, 0.29) is 0 Å². The molecule has 0 amide bonds. The van der Waals surface area contributed by atoms with E-state index in [1.807, 2.05) is 30.5 Å². The number of para-hydroxylation sites is 1. The first kappa shape index (κ1) is 12.6. The first-order valence-electron chi connectivity index (χ1n) is 5.90. The molecule has 0 spiro atoms. The largest absolute Gasteiger partial charge is 0.308 e. The summed E-state index contributed by atoms with van der Waals surface area (Å²) in [7, 11) is 0. The molecule has 2 heteroatoms. The highest BCUT2D eigenvalue weighted by atomic mass is 14.7. The van der Waals surface area contributed by atoms with Crippen molar-refractivity contribution in [3.05, 3.63) is 29.8 Å². The van der Waals surface area contributed by atoms with Crippen molar-refractivity contribution in [3.8, 4) is 0 Å². The Kier molecular flexibility index (Phi) is 5.48. The van der Waals surface area contributed by atoms with Crippen molar-refractivity contribution in [2.45, 2.75) is 33.1 Å². The van der Waals surface area contributed by atoms with Crippen molar-refractivity contribution in [2.75, 3.05) is 0 Å². The topological polar surface area (TPSA) is 36.2 Å². The van der Waals surface area contributed by atoms with Gasteiger partial charge in [-0.3, -0.25) is 4.99 Å². The summed E-state index contributed by atoms with van der Waals surface area (Å²) >= 11 is 0. The molecule has 1 rings (SSSR count). The molecular formula is C14H20N2. The normalized spacial score (nSPS) is 12.9. The van der Waals surface area contributed by atoms with Crippen LogP contribution in [0.5, 0.6) is 0 Å². The zero-order valence-corrected chi connectivity index (χ0v) is 10.1. The standard InChI is InChI=1S/C14H20N2/c1-3-12(2)7-6-10-16-14-9-5-4-8-13(14)11-15/h4-5,8-12,15H,3,6-7H2,1-2H3. The summed E-state index contributed by atoms with van der Waals surface area (Å²) in [5.74, 6) is 0.768. The number of rotatable bonds is 6. The van der Waals surface area contributed by atoms with Gasteiger partial charge in [-0.1, -0.05) is 38.5 Å². The lowest BCUT2D eigenvalue weighted by Crippen LogP contribution is -1.91. The van der Waals surface area contributed by atoms with Crippen LogP contribution in [0.3, 0.4) is 0 Å². The van der Waals surface area contributed by atoms with Crippen LogP contribution < -0.4 is 0 Å². The quantitative estimate of drug-likeness (QED) is 0.691. The van der Waals surface area contributed by atoms with Crippen LogP contribution in [0, 0.1) is 11.3 Å². The van der Waals surface area contributed by atoms with E-state index in [0.29, 0.717) is 0 Å². The molecular weight excluding hydrogens is 196 g/mol. The fraction of sp³-hybridized carbons (Fsp3) is 0.429. The minimum atomic E-state index is 0.768. The van der Waals surface area contributed by atoms with Crippen LogP contribution in [0.15, 0.2) is 29.3 Å². The third-order valence-corrected chi connectivity index (χ3v) is 2.81. The molecule has 0 saturated carbocycles. The molecule has 0 aliphatic heterocycles. The molecule has 1 unspecified atom stereocenters. The Morgan fingerprint density at radius 1 is 1.38 bits per heavy atom. The Morgan fingerprint density at radius 2 is 2.12 bits per heavy atom. The second kappa shape index (κ2) is 6.94. The Hall–Kier alpha value is -1.44. The van der Waals surface area contributed by atoms with Gasteiger partial charge >= 0.3 is 0 Å². The van der Waals surface area contributed by atoms with Crippen LogP contribution in [0.25, 0.3) is 0 Å².